The third-order valence-electron chi connectivity index (χ3n) is 13.9. The zero-order valence-corrected chi connectivity index (χ0v) is 45.3. The molecule has 0 atom stereocenters. The first kappa shape index (κ1) is 52.5. The zero-order chi connectivity index (χ0) is 55.7. The van der Waals surface area contributed by atoms with E-state index in [2.05, 4.69) is 92.4 Å². The van der Waals surface area contributed by atoms with E-state index in [9.17, 15) is 0 Å². The van der Waals surface area contributed by atoms with Gasteiger partial charge in [-0.05, 0) is 164 Å². The number of rotatable bonds is 17. The van der Waals surface area contributed by atoms with E-state index in [-0.39, 0.29) is 5.69 Å². The fraction of sp³-hybridized carbons (Fsp3) is 0.0137. The predicted octanol–water partition coefficient (Wildman–Crippen LogP) is 22.2. The van der Waals surface area contributed by atoms with Crippen molar-refractivity contribution >= 4 is 97.1 Å². The molecular weight excluding hydrogens is 1040 g/mol. The largest absolute Gasteiger partial charge is 0.418 e. The molecule has 0 aliphatic rings. The number of alkyl halides is 3. The van der Waals surface area contributed by atoms with Gasteiger partial charge in [0.15, 0.2) is 0 Å². The van der Waals surface area contributed by atoms with E-state index in [1.54, 1.807) is 28.8 Å². The molecule has 0 bridgehead atoms. The van der Waals surface area contributed by atoms with Crippen molar-refractivity contribution in [1.29, 1.82) is 0 Å². The van der Waals surface area contributed by atoms with E-state index in [4.69, 9.17) is 0 Å². The first-order chi connectivity index (χ1) is 40.3. The summed E-state index contributed by atoms with van der Waals surface area (Å²) in [5, 5.41) is 0. The van der Waals surface area contributed by atoms with Crippen LogP contribution < -0.4 is 24.5 Å². The average Bonchev–Trinajstić information content (AvgIpc) is 3.71. The molecule has 12 aromatic carbocycles. The van der Waals surface area contributed by atoms with Gasteiger partial charge in [-0.1, -0.05) is 176 Å². The molecule has 0 spiro atoms. The maximum atomic E-state index is 15.7. The van der Waals surface area contributed by atoms with Crippen LogP contribution in [0.25, 0.3) is 0 Å². The van der Waals surface area contributed by atoms with Crippen LogP contribution in [0, 0.1) is 0 Å². The smallest absolute Gasteiger partial charge is 0.310 e. The summed E-state index contributed by atoms with van der Waals surface area (Å²) < 4.78 is 47.2. The summed E-state index contributed by atoms with van der Waals surface area (Å²) in [5.74, 6) is 0. The van der Waals surface area contributed by atoms with Gasteiger partial charge >= 0.3 is 6.18 Å². The van der Waals surface area contributed by atoms with Crippen molar-refractivity contribution in [3.63, 3.8) is 0 Å². The zero-order valence-electron chi connectivity index (χ0n) is 44.5. The molecule has 398 valence electrons. The van der Waals surface area contributed by atoms with Crippen molar-refractivity contribution in [2.45, 2.75) is 16.0 Å². The van der Waals surface area contributed by atoms with Crippen LogP contribution in [0.4, 0.5) is 98.5 Å². The molecule has 9 heteroatoms. The maximum Gasteiger partial charge on any atom is 0.418 e. The molecule has 12 rings (SSSR count). The number of halogens is 3. The van der Waals surface area contributed by atoms with E-state index in [1.807, 2.05) is 231 Å². The third kappa shape index (κ3) is 11.6. The maximum absolute atomic E-state index is 15.7. The van der Waals surface area contributed by atoms with Gasteiger partial charge in [-0.2, -0.15) is 13.2 Å². The summed E-state index contributed by atoms with van der Waals surface area (Å²) >= 11 is 1.55. The molecule has 82 heavy (non-hydrogen) atoms. The Morgan fingerprint density at radius 1 is 0.207 bits per heavy atom. The Balaban J connectivity index is 1.07. The van der Waals surface area contributed by atoms with E-state index in [1.165, 1.54) is 6.07 Å². The first-order valence-electron chi connectivity index (χ1n) is 27.0. The number of anilines is 15. The lowest BCUT2D eigenvalue weighted by Gasteiger charge is -2.33. The van der Waals surface area contributed by atoms with Gasteiger partial charge in [-0.15, -0.1) is 0 Å². The number of hydrogen-bond donors (Lipinski definition) is 0. The molecule has 0 unspecified atom stereocenters. The molecular formula is C73H54F3N5S. The Bertz CT molecular complexity index is 3650. The van der Waals surface area contributed by atoms with Gasteiger partial charge in [0.1, 0.15) is 0 Å². The summed E-state index contributed by atoms with van der Waals surface area (Å²) in [5.41, 5.74) is 11.0. The van der Waals surface area contributed by atoms with Crippen molar-refractivity contribution in [2.24, 2.45) is 0 Å². The molecule has 12 aromatic rings. The van der Waals surface area contributed by atoms with Gasteiger partial charge in [0, 0.05) is 72.4 Å². The fourth-order valence-corrected chi connectivity index (χ4v) is 11.4. The van der Waals surface area contributed by atoms with Crippen LogP contribution in [0.5, 0.6) is 0 Å². The Morgan fingerprint density at radius 2 is 0.451 bits per heavy atom. The highest BCUT2D eigenvalue weighted by molar-refractivity contribution is 7.99. The van der Waals surface area contributed by atoms with Crippen molar-refractivity contribution in [3.05, 3.63) is 333 Å². The number of benzene rings is 12. The Labute approximate surface area is 481 Å². The summed E-state index contributed by atoms with van der Waals surface area (Å²) in [6.45, 7) is 0. The molecule has 0 N–H and O–H groups in total. The second-order valence-electron chi connectivity index (χ2n) is 19.4. The van der Waals surface area contributed by atoms with Crippen LogP contribution in [0.2, 0.25) is 0 Å². The second kappa shape index (κ2) is 24.0. The van der Waals surface area contributed by atoms with E-state index in [0.717, 1.165) is 84.1 Å². The molecule has 0 fully saturated rings. The van der Waals surface area contributed by atoms with Gasteiger partial charge in [0.05, 0.1) is 28.3 Å². The lowest BCUT2D eigenvalue weighted by atomic mass is 10.1. The summed E-state index contributed by atoms with van der Waals surface area (Å²) in [6, 6.07) is 108. The van der Waals surface area contributed by atoms with Crippen molar-refractivity contribution in [1.82, 2.24) is 0 Å². The monoisotopic (exact) mass is 1090 g/mol. The van der Waals surface area contributed by atoms with Gasteiger partial charge in [-0.3, -0.25) is 0 Å². The summed E-state index contributed by atoms with van der Waals surface area (Å²) in [4.78, 5) is 12.3. The van der Waals surface area contributed by atoms with Crippen molar-refractivity contribution in [2.75, 3.05) is 24.5 Å². The van der Waals surface area contributed by atoms with Gasteiger partial charge in [0.25, 0.3) is 0 Å². The van der Waals surface area contributed by atoms with Crippen LogP contribution in [-0.2, 0) is 6.18 Å². The first-order valence-corrected chi connectivity index (χ1v) is 27.8. The SMILES string of the molecule is FC(F)(F)c1ccccc1N(c1cccc(Sc2cc(N(c3ccccc3)c3ccccc3)cc(N(c3ccccc3)c3ccccc3)c2)c1)c1cc(N(c2ccccc2)c2ccccc2)cc(N(c2ccccc2)c2ccccc2)c1. The topological polar surface area (TPSA) is 16.2 Å². The highest BCUT2D eigenvalue weighted by Crippen LogP contribution is 2.50. The number of hydrogen-bond acceptors (Lipinski definition) is 6. The summed E-state index contributed by atoms with van der Waals surface area (Å²) in [6.07, 6.45) is -4.70. The minimum Gasteiger partial charge on any atom is -0.310 e. The Hall–Kier alpha value is -10.2. The highest BCUT2D eigenvalue weighted by atomic mass is 32.2. The fourth-order valence-electron chi connectivity index (χ4n) is 10.4. The van der Waals surface area contributed by atoms with E-state index >= 15 is 13.2 Å². The van der Waals surface area contributed by atoms with Crippen LogP contribution >= 0.6 is 11.8 Å². The molecule has 0 aliphatic carbocycles. The van der Waals surface area contributed by atoms with E-state index < -0.39 is 11.7 Å². The molecule has 0 heterocycles. The highest BCUT2D eigenvalue weighted by Gasteiger charge is 2.36. The van der Waals surface area contributed by atoms with Crippen LogP contribution in [0.15, 0.2) is 337 Å². The Kier molecular flexibility index (Phi) is 15.4. The molecule has 0 aliphatic heterocycles. The summed E-state index contributed by atoms with van der Waals surface area (Å²) in [7, 11) is 0. The van der Waals surface area contributed by atoms with Crippen LogP contribution in [0.3, 0.4) is 0 Å². The minimum absolute atomic E-state index is 0.0239. The molecule has 0 saturated carbocycles. The lowest BCUT2D eigenvalue weighted by Crippen LogP contribution is -2.19. The van der Waals surface area contributed by atoms with Gasteiger partial charge in [0.2, 0.25) is 0 Å². The lowest BCUT2D eigenvalue weighted by molar-refractivity contribution is -0.137. The van der Waals surface area contributed by atoms with Crippen molar-refractivity contribution < 1.29 is 13.2 Å². The van der Waals surface area contributed by atoms with Crippen LogP contribution in [0.1, 0.15) is 5.56 Å². The minimum atomic E-state index is -4.70. The van der Waals surface area contributed by atoms with Crippen molar-refractivity contribution in [3.8, 4) is 0 Å². The third-order valence-corrected chi connectivity index (χ3v) is 14.9. The van der Waals surface area contributed by atoms with Gasteiger partial charge in [-0.25, -0.2) is 0 Å². The number of para-hydroxylation sites is 9. The molecule has 0 radical (unpaired) electrons. The van der Waals surface area contributed by atoms with E-state index in [0.29, 0.717) is 11.4 Å². The standard InChI is InChI=1S/C73H54F3N5S/c74-73(75,76)71-46-25-26-47-72(71)81(66-49-64(77(55-28-9-1-10-29-55)56-30-11-2-12-31-56)48-65(50-66)78(57-32-13-3-14-33-57)58-34-15-4-16-35-58)63-44-27-45-69(52-63)82-70-53-67(79(59-36-17-5-18-37-59)60-38-19-6-20-39-60)51-68(54-70)80(61-40-21-7-22-41-61)62-42-23-8-24-43-62/h1-54H. The van der Waals surface area contributed by atoms with Gasteiger partial charge < -0.3 is 24.5 Å². The average molecular weight is 1090 g/mol. The van der Waals surface area contributed by atoms with Crippen LogP contribution in [-0.4, -0.2) is 0 Å². The molecule has 5 nitrogen and oxygen atoms in total. The molecule has 0 aromatic heterocycles. The number of nitrogens with zero attached hydrogens (tertiary/aromatic N) is 5. The normalized spacial score (nSPS) is 11.2. The molecule has 0 amide bonds. The quantitative estimate of drug-likeness (QED) is 0.0897. The second-order valence-corrected chi connectivity index (χ2v) is 20.5. The molecule has 0 saturated heterocycles. The predicted molar refractivity (Wildman–Crippen MR) is 335 cm³/mol. The Morgan fingerprint density at radius 3 is 0.756 bits per heavy atom.